The molecule has 0 unspecified atom stereocenters. The van der Waals surface area contributed by atoms with E-state index in [0.29, 0.717) is 0 Å². The van der Waals surface area contributed by atoms with E-state index >= 15 is 0 Å². The minimum Gasteiger partial charge on any atom is -0.497 e. The second-order valence-corrected chi connectivity index (χ2v) is 2.70. The van der Waals surface area contributed by atoms with Gasteiger partial charge in [-0.2, -0.15) is 0 Å². The fourth-order valence-electron chi connectivity index (χ4n) is 1.16. The number of terminal acetylenes is 1. The maximum Gasteiger partial charge on any atom is 0.120 e. The first-order valence-electron chi connectivity index (χ1n) is 4.10. The Morgan fingerprint density at radius 3 is 2.85 bits per heavy atom. The number of nitrogens with one attached hydrogen (secondary N) is 1. The van der Waals surface area contributed by atoms with Gasteiger partial charge in [-0.15, -0.1) is 6.42 Å². The Balaban J connectivity index is 3.02. The lowest BCUT2D eigenvalue weighted by Crippen LogP contribution is -2.06. The summed E-state index contributed by atoms with van der Waals surface area (Å²) in [6, 6.07) is 5.75. The molecule has 0 fully saturated rings. The van der Waals surface area contributed by atoms with E-state index in [9.17, 15) is 0 Å². The molecule has 0 aliphatic heterocycles. The molecule has 68 valence electrons. The number of rotatable bonds is 3. The molecule has 1 aromatic carbocycles. The van der Waals surface area contributed by atoms with Crippen LogP contribution in [0.15, 0.2) is 18.2 Å². The molecule has 1 rings (SSSR count). The molecule has 2 heteroatoms. The van der Waals surface area contributed by atoms with Crippen LogP contribution in [0.1, 0.15) is 11.1 Å². The van der Waals surface area contributed by atoms with E-state index in [1.807, 2.05) is 25.2 Å². The Morgan fingerprint density at radius 2 is 2.31 bits per heavy atom. The van der Waals surface area contributed by atoms with Crippen LogP contribution >= 0.6 is 0 Å². The monoisotopic (exact) mass is 175 g/mol. The summed E-state index contributed by atoms with van der Waals surface area (Å²) in [6.07, 6.45) is 5.37. The molecule has 0 heterocycles. The average molecular weight is 175 g/mol. The molecule has 1 N–H and O–H groups in total. The van der Waals surface area contributed by atoms with Crippen molar-refractivity contribution in [1.82, 2.24) is 5.32 Å². The zero-order valence-corrected chi connectivity index (χ0v) is 7.92. The van der Waals surface area contributed by atoms with Gasteiger partial charge in [-0.1, -0.05) is 12.0 Å². The SMILES string of the molecule is C#Cc1cc(OC)ccc1CNC. The van der Waals surface area contributed by atoms with Crippen molar-refractivity contribution in [3.8, 4) is 18.1 Å². The van der Waals surface area contributed by atoms with E-state index in [1.54, 1.807) is 7.11 Å². The van der Waals surface area contributed by atoms with Gasteiger partial charge in [0.2, 0.25) is 0 Å². The van der Waals surface area contributed by atoms with Crippen LogP contribution in [0.25, 0.3) is 0 Å². The summed E-state index contributed by atoms with van der Waals surface area (Å²) in [5.74, 6) is 3.43. The molecule has 0 saturated carbocycles. The van der Waals surface area contributed by atoms with Gasteiger partial charge in [-0.25, -0.2) is 0 Å². The molecule has 13 heavy (non-hydrogen) atoms. The van der Waals surface area contributed by atoms with Crippen molar-refractivity contribution >= 4 is 0 Å². The molecular formula is C11H13NO. The highest BCUT2D eigenvalue weighted by atomic mass is 16.5. The third-order valence-corrected chi connectivity index (χ3v) is 1.84. The first-order valence-corrected chi connectivity index (χ1v) is 4.10. The molecule has 0 amide bonds. The highest BCUT2D eigenvalue weighted by molar-refractivity contribution is 5.44. The smallest absolute Gasteiger partial charge is 0.120 e. The first-order chi connectivity index (χ1) is 6.31. The van der Waals surface area contributed by atoms with E-state index in [1.165, 1.54) is 0 Å². The highest BCUT2D eigenvalue weighted by Gasteiger charge is 2.00. The van der Waals surface area contributed by atoms with Crippen LogP contribution in [-0.2, 0) is 6.54 Å². The lowest BCUT2D eigenvalue weighted by Gasteiger charge is -2.06. The third-order valence-electron chi connectivity index (χ3n) is 1.84. The predicted octanol–water partition coefficient (Wildman–Crippen LogP) is 1.40. The van der Waals surface area contributed by atoms with E-state index in [4.69, 9.17) is 11.2 Å². The molecule has 0 aliphatic rings. The second-order valence-electron chi connectivity index (χ2n) is 2.70. The molecule has 0 saturated heterocycles. The Bertz CT molecular complexity index is 325. The maximum atomic E-state index is 5.37. The molecule has 0 aromatic heterocycles. The summed E-state index contributed by atoms with van der Waals surface area (Å²) in [5.41, 5.74) is 2.00. The normalized spacial score (nSPS) is 9.31. The maximum absolute atomic E-state index is 5.37. The number of hydrogen-bond acceptors (Lipinski definition) is 2. The van der Waals surface area contributed by atoms with E-state index < -0.39 is 0 Å². The Labute approximate surface area is 78.9 Å². The van der Waals surface area contributed by atoms with Gasteiger partial charge in [0, 0.05) is 12.1 Å². The van der Waals surface area contributed by atoms with Gasteiger partial charge in [0.15, 0.2) is 0 Å². The van der Waals surface area contributed by atoms with Crippen molar-refractivity contribution in [2.24, 2.45) is 0 Å². The molecule has 1 aromatic rings. The minimum atomic E-state index is 0.781. The van der Waals surface area contributed by atoms with Crippen molar-refractivity contribution < 1.29 is 4.74 Å². The van der Waals surface area contributed by atoms with Crippen LogP contribution in [-0.4, -0.2) is 14.2 Å². The summed E-state index contributed by atoms with van der Waals surface area (Å²) >= 11 is 0. The van der Waals surface area contributed by atoms with E-state index in [0.717, 1.165) is 23.4 Å². The largest absolute Gasteiger partial charge is 0.497 e. The molecule has 2 nitrogen and oxygen atoms in total. The van der Waals surface area contributed by atoms with Gasteiger partial charge in [-0.05, 0) is 24.7 Å². The van der Waals surface area contributed by atoms with E-state index in [-0.39, 0.29) is 0 Å². The summed E-state index contributed by atoms with van der Waals surface area (Å²) in [7, 11) is 3.53. The van der Waals surface area contributed by atoms with Gasteiger partial charge in [0.05, 0.1) is 7.11 Å². The van der Waals surface area contributed by atoms with Crippen LogP contribution in [0.5, 0.6) is 5.75 Å². The molecule has 0 atom stereocenters. The molecule has 0 radical (unpaired) electrons. The summed E-state index contributed by atoms with van der Waals surface area (Å²) in [5, 5.41) is 3.06. The lowest BCUT2D eigenvalue weighted by atomic mass is 10.1. The van der Waals surface area contributed by atoms with Gasteiger partial charge in [0.1, 0.15) is 5.75 Å². The van der Waals surface area contributed by atoms with Gasteiger partial charge in [-0.3, -0.25) is 0 Å². The van der Waals surface area contributed by atoms with Crippen LogP contribution in [0.3, 0.4) is 0 Å². The number of ether oxygens (including phenoxy) is 1. The number of methoxy groups -OCH3 is 1. The first kappa shape index (κ1) is 9.63. The van der Waals surface area contributed by atoms with Crippen molar-refractivity contribution in [2.75, 3.05) is 14.2 Å². The van der Waals surface area contributed by atoms with Crippen molar-refractivity contribution in [3.63, 3.8) is 0 Å². The minimum absolute atomic E-state index is 0.781. The van der Waals surface area contributed by atoms with Crippen LogP contribution in [0.2, 0.25) is 0 Å². The average Bonchev–Trinajstić information content (AvgIpc) is 2.19. The van der Waals surface area contributed by atoms with Crippen molar-refractivity contribution in [2.45, 2.75) is 6.54 Å². The Morgan fingerprint density at radius 1 is 1.54 bits per heavy atom. The van der Waals surface area contributed by atoms with E-state index in [2.05, 4.69) is 11.2 Å². The quantitative estimate of drug-likeness (QED) is 0.701. The predicted molar refractivity (Wildman–Crippen MR) is 53.7 cm³/mol. The molecular weight excluding hydrogens is 162 g/mol. The summed E-state index contributed by atoms with van der Waals surface area (Å²) in [4.78, 5) is 0. The highest BCUT2D eigenvalue weighted by Crippen LogP contribution is 2.16. The topological polar surface area (TPSA) is 21.3 Å². The standard InChI is InChI=1S/C11H13NO/c1-4-9-7-11(13-3)6-5-10(9)8-12-2/h1,5-7,12H,8H2,2-3H3. The number of benzene rings is 1. The second kappa shape index (κ2) is 4.54. The third kappa shape index (κ3) is 2.24. The fraction of sp³-hybridized carbons (Fsp3) is 0.273. The fourth-order valence-corrected chi connectivity index (χ4v) is 1.16. The van der Waals surface area contributed by atoms with Gasteiger partial charge >= 0.3 is 0 Å². The van der Waals surface area contributed by atoms with Crippen molar-refractivity contribution in [1.29, 1.82) is 0 Å². The zero-order valence-electron chi connectivity index (χ0n) is 7.92. The Hall–Kier alpha value is -1.46. The lowest BCUT2D eigenvalue weighted by molar-refractivity contribution is 0.414. The molecule has 0 spiro atoms. The summed E-state index contributed by atoms with van der Waals surface area (Å²) in [6.45, 7) is 0.781. The van der Waals surface area contributed by atoms with Crippen molar-refractivity contribution in [3.05, 3.63) is 29.3 Å². The zero-order chi connectivity index (χ0) is 9.68. The van der Waals surface area contributed by atoms with Crippen LogP contribution in [0, 0.1) is 12.3 Å². The van der Waals surface area contributed by atoms with Crippen LogP contribution < -0.4 is 10.1 Å². The molecule has 0 bridgehead atoms. The van der Waals surface area contributed by atoms with Gasteiger partial charge < -0.3 is 10.1 Å². The molecule has 0 aliphatic carbocycles. The van der Waals surface area contributed by atoms with Crippen LogP contribution in [0.4, 0.5) is 0 Å². The Kier molecular flexibility index (Phi) is 3.36. The van der Waals surface area contributed by atoms with Gasteiger partial charge in [0.25, 0.3) is 0 Å². The summed E-state index contributed by atoms with van der Waals surface area (Å²) < 4.78 is 5.07. The number of hydrogen-bond donors (Lipinski definition) is 1.